The second kappa shape index (κ2) is 1.96. The van der Waals surface area contributed by atoms with Crippen molar-refractivity contribution in [2.24, 2.45) is 5.41 Å². The van der Waals surface area contributed by atoms with Gasteiger partial charge in [0.1, 0.15) is 0 Å². The Morgan fingerprint density at radius 1 is 1.70 bits per heavy atom. The third kappa shape index (κ3) is 1.71. The van der Waals surface area contributed by atoms with Gasteiger partial charge in [-0.3, -0.25) is 0 Å². The topological polar surface area (TPSA) is 36.3 Å². The molecule has 2 heteroatoms. The summed E-state index contributed by atoms with van der Waals surface area (Å²) in [7, 11) is 0. The van der Waals surface area contributed by atoms with Crippen LogP contribution in [0.1, 0.15) is 27.2 Å². The molecule has 1 unspecified atom stereocenters. The third-order valence-corrected chi connectivity index (χ3v) is 1.76. The van der Waals surface area contributed by atoms with Gasteiger partial charge in [0.15, 0.2) is 0 Å². The van der Waals surface area contributed by atoms with Crippen LogP contribution in [-0.4, -0.2) is 12.2 Å². The van der Waals surface area contributed by atoms with Crippen molar-refractivity contribution in [2.45, 2.75) is 32.8 Å². The van der Waals surface area contributed by atoms with E-state index in [1.807, 2.05) is 20.8 Å². The fourth-order valence-corrected chi connectivity index (χ4v) is 1.20. The zero-order chi connectivity index (χ0) is 7.83. The van der Waals surface area contributed by atoms with E-state index in [1.165, 1.54) is 0 Å². The van der Waals surface area contributed by atoms with Gasteiger partial charge in [-0.15, -0.1) is 0 Å². The lowest BCUT2D eigenvalue weighted by Gasteiger charge is -2.16. The van der Waals surface area contributed by atoms with E-state index < -0.39 is 0 Å². The molecule has 1 atom stereocenters. The van der Waals surface area contributed by atoms with Crippen LogP contribution in [0.5, 0.6) is 0 Å². The van der Waals surface area contributed by atoms with E-state index in [9.17, 15) is 0 Å². The number of nitriles is 1. The Morgan fingerprint density at radius 2 is 2.20 bits per heavy atom. The number of rotatable bonds is 2. The lowest BCUT2D eigenvalue weighted by molar-refractivity contribution is 0.254. The molecule has 0 bridgehead atoms. The molecule has 2 nitrogen and oxygen atoms in total. The van der Waals surface area contributed by atoms with Crippen LogP contribution in [-0.2, 0) is 4.74 Å². The Kier molecular flexibility index (Phi) is 1.48. The van der Waals surface area contributed by atoms with Crippen molar-refractivity contribution in [3.8, 4) is 6.07 Å². The molecule has 0 aromatic heterocycles. The van der Waals surface area contributed by atoms with E-state index in [-0.39, 0.29) is 11.0 Å². The van der Waals surface area contributed by atoms with Gasteiger partial charge in [0.2, 0.25) is 0 Å². The van der Waals surface area contributed by atoms with E-state index in [4.69, 9.17) is 10.00 Å². The van der Waals surface area contributed by atoms with Gasteiger partial charge in [0, 0.05) is 0 Å². The zero-order valence-electron chi connectivity index (χ0n) is 6.77. The minimum atomic E-state index is -0.231. The molecule has 0 radical (unpaired) electrons. The van der Waals surface area contributed by atoms with Gasteiger partial charge in [0.05, 0.1) is 23.7 Å². The van der Waals surface area contributed by atoms with Crippen molar-refractivity contribution in [3.63, 3.8) is 0 Å². The van der Waals surface area contributed by atoms with E-state index in [1.54, 1.807) is 0 Å². The van der Waals surface area contributed by atoms with Crippen molar-refractivity contribution < 1.29 is 4.74 Å². The zero-order valence-corrected chi connectivity index (χ0v) is 6.77. The lowest BCUT2D eigenvalue weighted by Crippen LogP contribution is -2.18. The number of nitrogens with zero attached hydrogens (tertiary/aromatic N) is 1. The third-order valence-electron chi connectivity index (χ3n) is 1.76. The van der Waals surface area contributed by atoms with Crippen LogP contribution in [0.2, 0.25) is 0 Å². The SMILES string of the molecule is CC(C)(C#N)CC1(C)CO1. The summed E-state index contributed by atoms with van der Waals surface area (Å²) in [5.74, 6) is 0. The molecule has 10 heavy (non-hydrogen) atoms. The number of ether oxygens (including phenoxy) is 1. The summed E-state index contributed by atoms with van der Waals surface area (Å²) >= 11 is 0. The van der Waals surface area contributed by atoms with Crippen LogP contribution < -0.4 is 0 Å². The highest BCUT2D eigenvalue weighted by atomic mass is 16.6. The van der Waals surface area contributed by atoms with E-state index in [2.05, 4.69) is 6.07 Å². The smallest absolute Gasteiger partial charge is 0.0903 e. The molecule has 1 aliphatic heterocycles. The Morgan fingerprint density at radius 3 is 2.50 bits per heavy atom. The highest BCUT2D eigenvalue weighted by Crippen LogP contribution is 2.38. The van der Waals surface area contributed by atoms with Crippen molar-refractivity contribution in [3.05, 3.63) is 0 Å². The van der Waals surface area contributed by atoms with Gasteiger partial charge in [-0.25, -0.2) is 0 Å². The van der Waals surface area contributed by atoms with Gasteiger partial charge in [-0.05, 0) is 27.2 Å². The average molecular weight is 139 g/mol. The molecular weight excluding hydrogens is 126 g/mol. The van der Waals surface area contributed by atoms with E-state index in [0.29, 0.717) is 0 Å². The minimum Gasteiger partial charge on any atom is -0.370 e. The summed E-state index contributed by atoms with van der Waals surface area (Å²) in [6, 6.07) is 2.26. The summed E-state index contributed by atoms with van der Waals surface area (Å²) in [6.07, 6.45) is 0.844. The van der Waals surface area contributed by atoms with Gasteiger partial charge in [-0.2, -0.15) is 5.26 Å². The van der Waals surface area contributed by atoms with Gasteiger partial charge in [0.25, 0.3) is 0 Å². The normalized spacial score (nSPS) is 31.4. The molecule has 0 N–H and O–H groups in total. The first-order valence-electron chi connectivity index (χ1n) is 3.53. The highest BCUT2D eigenvalue weighted by molar-refractivity contribution is 5.01. The second-order valence-corrected chi connectivity index (χ2v) is 3.91. The Hall–Kier alpha value is -0.550. The number of epoxide rings is 1. The molecule has 1 saturated heterocycles. The van der Waals surface area contributed by atoms with Crippen LogP contribution in [0, 0.1) is 16.7 Å². The minimum absolute atomic E-state index is 0.0131. The van der Waals surface area contributed by atoms with Crippen LogP contribution in [0.15, 0.2) is 0 Å². The molecular formula is C8H13NO. The second-order valence-electron chi connectivity index (χ2n) is 3.91. The summed E-state index contributed by atoms with van der Waals surface area (Å²) in [6.45, 7) is 6.75. The van der Waals surface area contributed by atoms with Crippen molar-refractivity contribution in [1.29, 1.82) is 5.26 Å². The maximum absolute atomic E-state index is 8.68. The lowest BCUT2D eigenvalue weighted by atomic mass is 9.85. The molecule has 0 aromatic rings. The van der Waals surface area contributed by atoms with Crippen LogP contribution in [0.25, 0.3) is 0 Å². The van der Waals surface area contributed by atoms with Crippen LogP contribution in [0.4, 0.5) is 0 Å². The molecule has 0 saturated carbocycles. The van der Waals surface area contributed by atoms with Crippen molar-refractivity contribution in [2.75, 3.05) is 6.61 Å². The largest absolute Gasteiger partial charge is 0.370 e. The van der Waals surface area contributed by atoms with Crippen LogP contribution >= 0.6 is 0 Å². The molecule has 0 amide bonds. The Bertz CT molecular complexity index is 174. The van der Waals surface area contributed by atoms with Crippen molar-refractivity contribution >= 4 is 0 Å². The highest BCUT2D eigenvalue weighted by Gasteiger charge is 2.43. The Labute approximate surface area is 61.8 Å². The van der Waals surface area contributed by atoms with Crippen LogP contribution in [0.3, 0.4) is 0 Å². The Balaban J connectivity index is 2.46. The standard InChI is InChI=1S/C8H13NO/c1-7(2,5-9)4-8(3)6-10-8/h4,6H2,1-3H3. The molecule has 1 heterocycles. The fourth-order valence-electron chi connectivity index (χ4n) is 1.20. The monoisotopic (exact) mass is 139 g/mol. The quantitative estimate of drug-likeness (QED) is 0.546. The fraction of sp³-hybridized carbons (Fsp3) is 0.875. The summed E-state index contributed by atoms with van der Waals surface area (Å²) in [4.78, 5) is 0. The molecule has 1 fully saturated rings. The van der Waals surface area contributed by atoms with Gasteiger partial charge in [-0.1, -0.05) is 0 Å². The molecule has 0 aliphatic carbocycles. The summed E-state index contributed by atoms with van der Waals surface area (Å²) in [5.41, 5.74) is -0.218. The summed E-state index contributed by atoms with van der Waals surface area (Å²) < 4.78 is 5.18. The first-order chi connectivity index (χ1) is 4.47. The molecule has 1 aliphatic rings. The first kappa shape index (κ1) is 7.56. The first-order valence-corrected chi connectivity index (χ1v) is 3.53. The maximum Gasteiger partial charge on any atom is 0.0903 e. The summed E-state index contributed by atoms with van der Waals surface area (Å²) in [5, 5.41) is 8.68. The molecule has 0 aromatic carbocycles. The van der Waals surface area contributed by atoms with E-state index in [0.717, 1.165) is 13.0 Å². The number of hydrogen-bond acceptors (Lipinski definition) is 2. The predicted octanol–water partition coefficient (Wildman–Crippen LogP) is 1.72. The predicted molar refractivity (Wildman–Crippen MR) is 38.4 cm³/mol. The average Bonchev–Trinajstić information content (AvgIpc) is 2.47. The van der Waals surface area contributed by atoms with Gasteiger partial charge < -0.3 is 4.74 Å². The van der Waals surface area contributed by atoms with Gasteiger partial charge >= 0.3 is 0 Å². The molecule has 56 valence electrons. The molecule has 1 rings (SSSR count). The van der Waals surface area contributed by atoms with Crippen molar-refractivity contribution in [1.82, 2.24) is 0 Å². The maximum atomic E-state index is 8.68. The van der Waals surface area contributed by atoms with E-state index >= 15 is 0 Å². The number of hydrogen-bond donors (Lipinski definition) is 0. The molecule has 0 spiro atoms.